The van der Waals surface area contributed by atoms with E-state index in [4.69, 9.17) is 16.3 Å². The molecule has 1 aliphatic heterocycles. The molecule has 0 fully saturated rings. The van der Waals surface area contributed by atoms with Gasteiger partial charge in [0.1, 0.15) is 5.82 Å². The normalized spacial score (nSPS) is 16.7. The standard InChI is InChI=1S/C17H17ClFNO3/c1-9(2)20-10(3)15(17(22)23-4)12(16(20)21)8-11-13(18)6-5-7-14(11)19/h5-9H,1-4H3/b12-8+. The minimum Gasteiger partial charge on any atom is -0.465 e. The second-order valence-corrected chi connectivity index (χ2v) is 5.82. The first-order chi connectivity index (χ1) is 10.8. The van der Waals surface area contributed by atoms with Crippen LogP contribution in [0.25, 0.3) is 6.08 Å². The Balaban J connectivity index is 2.66. The monoisotopic (exact) mass is 337 g/mol. The van der Waals surface area contributed by atoms with Crippen molar-refractivity contribution in [3.63, 3.8) is 0 Å². The number of amides is 1. The Labute approximate surface area is 139 Å². The van der Waals surface area contributed by atoms with E-state index in [1.54, 1.807) is 6.92 Å². The molecule has 6 heteroatoms. The molecule has 0 aromatic heterocycles. The molecule has 1 amide bonds. The lowest BCUT2D eigenvalue weighted by Crippen LogP contribution is -2.31. The summed E-state index contributed by atoms with van der Waals surface area (Å²) in [5, 5.41) is 0.162. The van der Waals surface area contributed by atoms with Crippen LogP contribution in [-0.2, 0) is 14.3 Å². The molecule has 0 atom stereocenters. The van der Waals surface area contributed by atoms with E-state index in [9.17, 15) is 14.0 Å². The van der Waals surface area contributed by atoms with E-state index in [1.165, 1.54) is 36.3 Å². The molecule has 23 heavy (non-hydrogen) atoms. The van der Waals surface area contributed by atoms with Crippen LogP contribution in [-0.4, -0.2) is 29.9 Å². The summed E-state index contributed by atoms with van der Waals surface area (Å²) >= 11 is 6.01. The highest BCUT2D eigenvalue weighted by Gasteiger charge is 2.38. The summed E-state index contributed by atoms with van der Waals surface area (Å²) in [5.41, 5.74) is 0.758. The highest BCUT2D eigenvalue weighted by Crippen LogP contribution is 2.34. The topological polar surface area (TPSA) is 46.6 Å². The van der Waals surface area contributed by atoms with Crippen molar-refractivity contribution in [3.8, 4) is 0 Å². The number of carbonyl (C=O) groups is 2. The second-order valence-electron chi connectivity index (χ2n) is 5.41. The maximum atomic E-state index is 14.0. The van der Waals surface area contributed by atoms with Gasteiger partial charge in [0.15, 0.2) is 0 Å². The van der Waals surface area contributed by atoms with E-state index in [2.05, 4.69) is 0 Å². The number of halogens is 2. The zero-order chi connectivity index (χ0) is 17.3. The van der Waals surface area contributed by atoms with Crippen LogP contribution in [0.4, 0.5) is 4.39 Å². The average molecular weight is 338 g/mol. The number of hydrogen-bond acceptors (Lipinski definition) is 3. The summed E-state index contributed by atoms with van der Waals surface area (Å²) in [4.78, 5) is 26.2. The molecule has 0 spiro atoms. The Morgan fingerprint density at radius 3 is 2.57 bits per heavy atom. The van der Waals surface area contributed by atoms with Crippen molar-refractivity contribution in [2.45, 2.75) is 26.8 Å². The van der Waals surface area contributed by atoms with Crippen molar-refractivity contribution in [2.24, 2.45) is 0 Å². The third-order valence-corrected chi connectivity index (χ3v) is 3.97. The van der Waals surface area contributed by atoms with Crippen molar-refractivity contribution < 1.29 is 18.7 Å². The number of ether oxygens (including phenoxy) is 1. The lowest BCUT2D eigenvalue weighted by atomic mass is 10.0. The molecule has 0 bridgehead atoms. The van der Waals surface area contributed by atoms with Gasteiger partial charge in [0, 0.05) is 17.3 Å². The van der Waals surface area contributed by atoms with Crippen LogP contribution in [0.3, 0.4) is 0 Å². The molecule has 0 radical (unpaired) electrons. The average Bonchev–Trinajstić information content (AvgIpc) is 2.73. The molecule has 122 valence electrons. The quantitative estimate of drug-likeness (QED) is 0.626. The first kappa shape index (κ1) is 17.2. The number of allylic oxidation sites excluding steroid dienone is 1. The van der Waals surface area contributed by atoms with Crippen LogP contribution in [0.2, 0.25) is 5.02 Å². The number of methoxy groups -OCH3 is 1. The van der Waals surface area contributed by atoms with Crippen molar-refractivity contribution in [1.29, 1.82) is 0 Å². The Morgan fingerprint density at radius 2 is 2.04 bits per heavy atom. The number of hydrogen-bond donors (Lipinski definition) is 0. The van der Waals surface area contributed by atoms with Crippen LogP contribution in [0.1, 0.15) is 26.3 Å². The highest BCUT2D eigenvalue weighted by atomic mass is 35.5. The van der Waals surface area contributed by atoms with Crippen molar-refractivity contribution in [2.75, 3.05) is 7.11 Å². The van der Waals surface area contributed by atoms with Gasteiger partial charge in [-0.2, -0.15) is 0 Å². The lowest BCUT2D eigenvalue weighted by molar-refractivity contribution is -0.136. The molecule has 2 rings (SSSR count). The molecule has 0 N–H and O–H groups in total. The predicted molar refractivity (Wildman–Crippen MR) is 86.1 cm³/mol. The predicted octanol–water partition coefficient (Wildman–Crippen LogP) is 3.56. The lowest BCUT2D eigenvalue weighted by Gasteiger charge is -2.22. The Bertz CT molecular complexity index is 717. The minimum absolute atomic E-state index is 0.0670. The molecular formula is C17H17ClFNO3. The molecule has 1 aromatic rings. The SMILES string of the molecule is COC(=O)C1=C(C)N(C(C)C)C(=O)/C1=C/c1c(F)cccc1Cl. The van der Waals surface area contributed by atoms with Gasteiger partial charge in [-0.3, -0.25) is 4.79 Å². The van der Waals surface area contributed by atoms with Gasteiger partial charge in [-0.1, -0.05) is 17.7 Å². The van der Waals surface area contributed by atoms with Crippen LogP contribution in [0, 0.1) is 5.82 Å². The Hall–Kier alpha value is -2.14. The zero-order valence-corrected chi connectivity index (χ0v) is 14.1. The van der Waals surface area contributed by atoms with Gasteiger partial charge >= 0.3 is 5.97 Å². The van der Waals surface area contributed by atoms with Crippen LogP contribution in [0.15, 0.2) is 35.0 Å². The summed E-state index contributed by atoms with van der Waals surface area (Å²) < 4.78 is 18.8. The molecule has 0 saturated carbocycles. The summed E-state index contributed by atoms with van der Waals surface area (Å²) in [7, 11) is 1.23. The fraction of sp³-hybridized carbons (Fsp3) is 0.294. The third kappa shape index (κ3) is 3.01. The van der Waals surface area contributed by atoms with E-state index in [1.807, 2.05) is 13.8 Å². The van der Waals surface area contributed by atoms with E-state index in [0.29, 0.717) is 5.70 Å². The maximum Gasteiger partial charge on any atom is 0.340 e. The van der Waals surface area contributed by atoms with Crippen molar-refractivity contribution >= 4 is 29.6 Å². The second kappa shape index (κ2) is 6.54. The fourth-order valence-electron chi connectivity index (χ4n) is 2.61. The molecule has 0 saturated heterocycles. The van der Waals surface area contributed by atoms with Gasteiger partial charge in [0.25, 0.3) is 5.91 Å². The van der Waals surface area contributed by atoms with Gasteiger partial charge in [0.2, 0.25) is 0 Å². The number of carbonyl (C=O) groups excluding carboxylic acids is 2. The largest absolute Gasteiger partial charge is 0.465 e. The van der Waals surface area contributed by atoms with E-state index < -0.39 is 11.8 Å². The number of nitrogens with zero attached hydrogens (tertiary/aromatic N) is 1. The third-order valence-electron chi connectivity index (χ3n) is 3.64. The molecule has 1 heterocycles. The first-order valence-corrected chi connectivity index (χ1v) is 7.46. The van der Waals surface area contributed by atoms with Gasteiger partial charge in [0.05, 0.1) is 23.3 Å². The summed E-state index contributed by atoms with van der Waals surface area (Å²) in [5.74, 6) is -1.59. The van der Waals surface area contributed by atoms with Crippen LogP contribution < -0.4 is 0 Å². The fourth-order valence-corrected chi connectivity index (χ4v) is 2.83. The summed E-state index contributed by atoms with van der Waals surface area (Å²) in [6, 6.07) is 4.08. The van der Waals surface area contributed by atoms with Gasteiger partial charge in [-0.25, -0.2) is 9.18 Å². The van der Waals surface area contributed by atoms with Crippen LogP contribution >= 0.6 is 11.6 Å². The number of rotatable bonds is 3. The van der Waals surface area contributed by atoms with Crippen LogP contribution in [0.5, 0.6) is 0 Å². The summed E-state index contributed by atoms with van der Waals surface area (Å²) in [6.07, 6.45) is 1.30. The highest BCUT2D eigenvalue weighted by molar-refractivity contribution is 6.32. The van der Waals surface area contributed by atoms with Crippen molar-refractivity contribution in [3.05, 3.63) is 51.4 Å². The van der Waals surface area contributed by atoms with E-state index in [0.717, 1.165) is 0 Å². The van der Waals surface area contributed by atoms with E-state index >= 15 is 0 Å². The molecule has 1 aromatic carbocycles. The van der Waals surface area contributed by atoms with Gasteiger partial charge in [-0.15, -0.1) is 0 Å². The van der Waals surface area contributed by atoms with Gasteiger partial charge in [-0.05, 0) is 39.0 Å². The number of benzene rings is 1. The molecule has 1 aliphatic rings. The Kier molecular flexibility index (Phi) is 4.90. The summed E-state index contributed by atoms with van der Waals surface area (Å²) in [6.45, 7) is 5.32. The maximum absolute atomic E-state index is 14.0. The number of esters is 1. The van der Waals surface area contributed by atoms with Gasteiger partial charge < -0.3 is 9.64 Å². The molecule has 0 aliphatic carbocycles. The Morgan fingerprint density at radius 1 is 1.39 bits per heavy atom. The molecule has 4 nitrogen and oxygen atoms in total. The zero-order valence-electron chi connectivity index (χ0n) is 13.3. The molecular weight excluding hydrogens is 321 g/mol. The van der Waals surface area contributed by atoms with Crippen molar-refractivity contribution in [1.82, 2.24) is 4.90 Å². The minimum atomic E-state index is -0.641. The molecule has 0 unspecified atom stereocenters. The van der Waals surface area contributed by atoms with E-state index in [-0.39, 0.29) is 33.7 Å². The smallest absolute Gasteiger partial charge is 0.340 e. The first-order valence-electron chi connectivity index (χ1n) is 7.08.